The molecule has 1 fully saturated rings. The summed E-state index contributed by atoms with van der Waals surface area (Å²) < 4.78 is 49.0. The van der Waals surface area contributed by atoms with Gasteiger partial charge in [0.2, 0.25) is 0 Å². The van der Waals surface area contributed by atoms with Crippen LogP contribution in [-0.4, -0.2) is 45.4 Å². The van der Waals surface area contributed by atoms with Crippen LogP contribution in [0.4, 0.5) is 10.2 Å². The third kappa shape index (κ3) is 5.74. The maximum absolute atomic E-state index is 13.1. The fraction of sp³-hybridized carbons (Fsp3) is 0.333. The number of rotatable bonds is 3. The van der Waals surface area contributed by atoms with Gasteiger partial charge in [-0.25, -0.2) is 9.18 Å². The van der Waals surface area contributed by atoms with Crippen LogP contribution in [0.5, 0.6) is 0 Å². The molecule has 2 atom stereocenters. The van der Waals surface area contributed by atoms with Gasteiger partial charge in [0.1, 0.15) is 11.7 Å². The van der Waals surface area contributed by atoms with Crippen molar-refractivity contribution < 1.29 is 27.2 Å². The van der Waals surface area contributed by atoms with Crippen molar-refractivity contribution in [1.82, 2.24) is 9.55 Å². The van der Waals surface area contributed by atoms with Crippen molar-refractivity contribution in [2.75, 3.05) is 18.1 Å². The molecule has 0 radical (unpaired) electrons. The lowest BCUT2D eigenvalue weighted by molar-refractivity contribution is -0.00677. The van der Waals surface area contributed by atoms with Crippen molar-refractivity contribution in [3.8, 4) is 0 Å². The highest BCUT2D eigenvalue weighted by molar-refractivity contribution is 8.00. The van der Waals surface area contributed by atoms with Gasteiger partial charge in [0, 0.05) is 5.75 Å². The predicted octanol–water partition coefficient (Wildman–Crippen LogP) is 0.787. The van der Waals surface area contributed by atoms with E-state index in [2.05, 4.69) is 4.98 Å². The van der Waals surface area contributed by atoms with Crippen molar-refractivity contribution in [3.63, 3.8) is 0 Å². The summed E-state index contributed by atoms with van der Waals surface area (Å²) in [6.07, 6.45) is 0.354. The van der Waals surface area contributed by atoms with Crippen LogP contribution in [0.1, 0.15) is 11.8 Å². The van der Waals surface area contributed by atoms with Crippen molar-refractivity contribution in [3.05, 3.63) is 52.3 Å². The molecular weight excluding hydrogens is 401 g/mol. The summed E-state index contributed by atoms with van der Waals surface area (Å²) in [4.78, 5) is 14.7. The average molecular weight is 419 g/mol. The van der Waals surface area contributed by atoms with E-state index in [1.54, 1.807) is 12.1 Å². The molecule has 1 aliphatic heterocycles. The maximum atomic E-state index is 13.1. The molecule has 0 aliphatic carbocycles. The number of thioether (sulfide) groups is 1. The van der Waals surface area contributed by atoms with E-state index >= 15 is 0 Å². The zero-order valence-electron chi connectivity index (χ0n) is 14.1. The lowest BCUT2D eigenvalue weighted by Crippen LogP contribution is -2.29. The van der Waals surface area contributed by atoms with E-state index in [9.17, 15) is 17.6 Å². The molecule has 0 amide bonds. The first kappa shape index (κ1) is 21.3. The van der Waals surface area contributed by atoms with Gasteiger partial charge in [0.05, 0.1) is 17.7 Å². The number of nitrogen functional groups attached to an aromatic ring is 1. The Morgan fingerprint density at radius 3 is 2.56 bits per heavy atom. The molecule has 0 spiro atoms. The predicted molar refractivity (Wildman–Crippen MR) is 97.3 cm³/mol. The van der Waals surface area contributed by atoms with Crippen LogP contribution in [-0.2, 0) is 14.9 Å². The Kier molecular flexibility index (Phi) is 6.95. The number of hydrogen-bond acceptors (Lipinski definition) is 8. The Balaban J connectivity index is 0.000000208. The van der Waals surface area contributed by atoms with Gasteiger partial charge in [-0.15, -0.1) is 11.8 Å². The Morgan fingerprint density at radius 1 is 1.41 bits per heavy atom. The van der Waals surface area contributed by atoms with Gasteiger partial charge in [-0.3, -0.25) is 9.12 Å². The van der Waals surface area contributed by atoms with Gasteiger partial charge >= 0.3 is 5.69 Å². The largest absolute Gasteiger partial charge is 0.393 e. The number of aromatic nitrogens is 2. The maximum Gasteiger partial charge on any atom is 0.351 e. The van der Waals surface area contributed by atoms with Crippen LogP contribution in [0.3, 0.4) is 0 Å². The molecule has 9 nitrogen and oxygen atoms in total. The standard InChI is InChI=1S/C8H10FN3O3S.C7H8O3S/c9-4-1-12(8(14)11-7(4)10)5-3-16-6(2-13)15-5;1-6-2-4-7(5-3-6)11(8,9)10/h1,5-6,13H,2-3H2,(H2,10,11,14);2-5H,1H3,(H,8,9,10)/t5-,6+;/m0./s1. The minimum atomic E-state index is -4.02. The molecule has 1 aromatic carbocycles. The summed E-state index contributed by atoms with van der Waals surface area (Å²) in [7, 11) is -4.02. The second-order valence-electron chi connectivity index (χ2n) is 5.49. The van der Waals surface area contributed by atoms with Crippen LogP contribution in [0, 0.1) is 12.7 Å². The van der Waals surface area contributed by atoms with Gasteiger partial charge in [-0.1, -0.05) is 17.7 Å². The molecular formula is C15H18FN3O6S2. The fourth-order valence-electron chi connectivity index (χ4n) is 2.06. The van der Waals surface area contributed by atoms with E-state index in [1.807, 2.05) is 6.92 Å². The van der Waals surface area contributed by atoms with E-state index in [0.29, 0.717) is 5.75 Å². The summed E-state index contributed by atoms with van der Waals surface area (Å²) in [5.41, 5.74) is 5.06. The van der Waals surface area contributed by atoms with E-state index in [1.165, 1.54) is 23.9 Å². The Hall–Kier alpha value is -1.99. The summed E-state index contributed by atoms with van der Waals surface area (Å²) in [6, 6.07) is 5.99. The van der Waals surface area contributed by atoms with Crippen LogP contribution in [0.2, 0.25) is 0 Å². The lowest BCUT2D eigenvalue weighted by Gasteiger charge is -2.13. The average Bonchev–Trinajstić information content (AvgIpc) is 3.07. The number of aliphatic hydroxyl groups is 1. The van der Waals surface area contributed by atoms with E-state index in [-0.39, 0.29) is 11.5 Å². The molecule has 12 heteroatoms. The molecule has 0 saturated carbocycles. The number of nitrogens with zero attached hydrogens (tertiary/aromatic N) is 2. The number of halogens is 1. The van der Waals surface area contributed by atoms with Crippen LogP contribution < -0.4 is 11.4 Å². The molecule has 0 unspecified atom stereocenters. The lowest BCUT2D eigenvalue weighted by atomic mass is 10.2. The first-order valence-corrected chi connectivity index (χ1v) is 10.1. The molecule has 3 rings (SSSR count). The molecule has 2 aromatic rings. The van der Waals surface area contributed by atoms with Gasteiger partial charge < -0.3 is 15.6 Å². The SMILES string of the molecule is Cc1ccc(S(=O)(=O)O)cc1.Nc1nc(=O)n([C@@H]2CS[C@H](CO)O2)cc1F. The van der Waals surface area contributed by atoms with E-state index in [0.717, 1.165) is 16.3 Å². The monoisotopic (exact) mass is 419 g/mol. The highest BCUT2D eigenvalue weighted by Gasteiger charge is 2.28. The Labute approximate surface area is 158 Å². The molecule has 27 heavy (non-hydrogen) atoms. The van der Waals surface area contributed by atoms with Gasteiger partial charge in [-0.05, 0) is 19.1 Å². The number of nitrogens with two attached hydrogens (primary N) is 1. The van der Waals surface area contributed by atoms with Crippen molar-refractivity contribution >= 4 is 27.7 Å². The highest BCUT2D eigenvalue weighted by atomic mass is 32.2. The smallest absolute Gasteiger partial charge is 0.351 e. The summed E-state index contributed by atoms with van der Waals surface area (Å²) in [5, 5.41) is 8.86. The first-order valence-electron chi connectivity index (χ1n) is 7.58. The third-order valence-electron chi connectivity index (χ3n) is 3.45. The summed E-state index contributed by atoms with van der Waals surface area (Å²) >= 11 is 1.35. The molecule has 148 valence electrons. The van der Waals surface area contributed by atoms with Crippen LogP contribution >= 0.6 is 11.8 Å². The number of hydrogen-bond donors (Lipinski definition) is 3. The molecule has 1 saturated heterocycles. The molecule has 4 N–H and O–H groups in total. The summed E-state index contributed by atoms with van der Waals surface area (Å²) in [5.74, 6) is -0.734. The summed E-state index contributed by atoms with van der Waals surface area (Å²) in [6.45, 7) is 1.69. The van der Waals surface area contributed by atoms with Gasteiger partial charge in [0.25, 0.3) is 10.1 Å². The first-order chi connectivity index (χ1) is 12.6. The quantitative estimate of drug-likeness (QED) is 0.615. The molecule has 1 aliphatic rings. The minimum absolute atomic E-state index is 0.0666. The van der Waals surface area contributed by atoms with Crippen molar-refractivity contribution in [2.45, 2.75) is 23.5 Å². The highest BCUT2D eigenvalue weighted by Crippen LogP contribution is 2.30. The van der Waals surface area contributed by atoms with Crippen molar-refractivity contribution in [1.29, 1.82) is 0 Å². The minimum Gasteiger partial charge on any atom is -0.393 e. The Bertz CT molecular complexity index is 949. The zero-order valence-corrected chi connectivity index (χ0v) is 15.8. The zero-order chi connectivity index (χ0) is 20.2. The molecule has 2 heterocycles. The third-order valence-corrected chi connectivity index (χ3v) is 5.42. The second-order valence-corrected chi connectivity index (χ2v) is 8.10. The van der Waals surface area contributed by atoms with Crippen LogP contribution in [0.25, 0.3) is 0 Å². The Morgan fingerprint density at radius 2 is 2.04 bits per heavy atom. The topological polar surface area (TPSA) is 145 Å². The normalized spacial score (nSPS) is 19.4. The van der Waals surface area contributed by atoms with Gasteiger partial charge in [-0.2, -0.15) is 13.4 Å². The van der Waals surface area contributed by atoms with Crippen LogP contribution in [0.15, 0.2) is 40.2 Å². The van der Waals surface area contributed by atoms with E-state index < -0.39 is 39.1 Å². The number of aryl methyl sites for hydroxylation is 1. The number of anilines is 1. The number of benzene rings is 1. The fourth-order valence-corrected chi connectivity index (χ4v) is 3.47. The number of ether oxygens (including phenoxy) is 1. The molecule has 0 bridgehead atoms. The number of aliphatic hydroxyl groups excluding tert-OH is 1. The van der Waals surface area contributed by atoms with Gasteiger partial charge in [0.15, 0.2) is 11.6 Å². The van der Waals surface area contributed by atoms with E-state index in [4.69, 9.17) is 20.1 Å². The molecule has 1 aromatic heterocycles. The van der Waals surface area contributed by atoms with Crippen molar-refractivity contribution in [2.24, 2.45) is 0 Å². The second kappa shape index (κ2) is 8.80.